The van der Waals surface area contributed by atoms with Crippen LogP contribution in [-0.4, -0.2) is 18.6 Å². The summed E-state index contributed by atoms with van der Waals surface area (Å²) in [6.45, 7) is 0.723. The summed E-state index contributed by atoms with van der Waals surface area (Å²) in [5.41, 5.74) is 7.42. The molecule has 1 aromatic rings. The first-order chi connectivity index (χ1) is 7.80. The molecule has 1 aliphatic rings. The van der Waals surface area contributed by atoms with Gasteiger partial charge in [0.15, 0.2) is 0 Å². The first-order valence-corrected chi connectivity index (χ1v) is 6.01. The highest BCUT2D eigenvalue weighted by atomic mass is 16.5. The lowest BCUT2D eigenvalue weighted by Gasteiger charge is -2.36. The van der Waals surface area contributed by atoms with Crippen LogP contribution < -0.4 is 10.5 Å². The van der Waals surface area contributed by atoms with E-state index < -0.39 is 0 Å². The number of nitrogens with two attached hydrogens (primary N) is 1. The van der Waals surface area contributed by atoms with E-state index in [4.69, 9.17) is 10.5 Å². The second kappa shape index (κ2) is 4.83. The molecule has 0 bridgehead atoms. The molecule has 0 spiro atoms. The fraction of sp³-hybridized carbons (Fsp3) is 0.615. The van der Waals surface area contributed by atoms with E-state index in [0.717, 1.165) is 6.54 Å². The molecule has 0 saturated heterocycles. The Balaban J connectivity index is 2.24. The third kappa shape index (κ3) is 2.05. The Bertz CT molecular complexity index is 328. The Kier molecular flexibility index (Phi) is 3.44. The first kappa shape index (κ1) is 11.4. The molecule has 3 heteroatoms. The molecule has 16 heavy (non-hydrogen) atoms. The lowest BCUT2D eigenvalue weighted by molar-refractivity contribution is 0.299. The van der Waals surface area contributed by atoms with Crippen LogP contribution in [0.15, 0.2) is 18.3 Å². The first-order valence-electron chi connectivity index (χ1n) is 6.01. The molecule has 1 saturated carbocycles. The summed E-state index contributed by atoms with van der Waals surface area (Å²) in [7, 11) is 1.64. The standard InChI is InChI=1S/C13H20N2O/c1-16-12-6-5-11(9-15-12)13(10-14)7-3-2-4-8-13/h5-6,9H,2-4,7-8,10,14H2,1H3. The van der Waals surface area contributed by atoms with E-state index in [0.29, 0.717) is 5.88 Å². The van der Waals surface area contributed by atoms with Crippen LogP contribution in [0, 0.1) is 0 Å². The highest BCUT2D eigenvalue weighted by molar-refractivity contribution is 5.27. The van der Waals surface area contributed by atoms with Crippen molar-refractivity contribution in [3.63, 3.8) is 0 Å². The highest BCUT2D eigenvalue weighted by Crippen LogP contribution is 2.38. The van der Waals surface area contributed by atoms with Gasteiger partial charge in [-0.3, -0.25) is 0 Å². The number of nitrogens with zero attached hydrogens (tertiary/aromatic N) is 1. The largest absolute Gasteiger partial charge is 0.481 e. The van der Waals surface area contributed by atoms with Gasteiger partial charge in [-0.1, -0.05) is 25.3 Å². The highest BCUT2D eigenvalue weighted by Gasteiger charge is 2.32. The number of rotatable bonds is 3. The Hall–Kier alpha value is -1.09. The topological polar surface area (TPSA) is 48.1 Å². The number of methoxy groups -OCH3 is 1. The van der Waals surface area contributed by atoms with E-state index in [1.807, 2.05) is 12.3 Å². The molecule has 3 nitrogen and oxygen atoms in total. The van der Waals surface area contributed by atoms with Crippen molar-refractivity contribution in [3.05, 3.63) is 23.9 Å². The minimum atomic E-state index is 0.164. The molecule has 0 atom stereocenters. The SMILES string of the molecule is COc1ccc(C2(CN)CCCCC2)cn1. The van der Waals surface area contributed by atoms with Crippen molar-refractivity contribution < 1.29 is 4.74 Å². The van der Waals surface area contributed by atoms with Crippen molar-refractivity contribution in [1.29, 1.82) is 0 Å². The van der Waals surface area contributed by atoms with Crippen LogP contribution in [0.4, 0.5) is 0 Å². The van der Waals surface area contributed by atoms with Gasteiger partial charge in [0.05, 0.1) is 7.11 Å². The smallest absolute Gasteiger partial charge is 0.212 e. The van der Waals surface area contributed by atoms with Gasteiger partial charge in [0, 0.05) is 24.2 Å². The number of hydrogen-bond donors (Lipinski definition) is 1. The van der Waals surface area contributed by atoms with Gasteiger partial charge in [0.2, 0.25) is 5.88 Å². The van der Waals surface area contributed by atoms with Crippen LogP contribution >= 0.6 is 0 Å². The minimum Gasteiger partial charge on any atom is -0.481 e. The summed E-state index contributed by atoms with van der Waals surface area (Å²) >= 11 is 0. The second-order valence-corrected chi connectivity index (χ2v) is 4.63. The fourth-order valence-electron chi connectivity index (χ4n) is 2.65. The van der Waals surface area contributed by atoms with E-state index in [1.165, 1.54) is 37.7 Å². The zero-order chi connectivity index (χ0) is 11.4. The van der Waals surface area contributed by atoms with Gasteiger partial charge in [-0.15, -0.1) is 0 Å². The van der Waals surface area contributed by atoms with Gasteiger partial charge >= 0.3 is 0 Å². The van der Waals surface area contributed by atoms with Crippen LogP contribution in [0.25, 0.3) is 0 Å². The van der Waals surface area contributed by atoms with Crippen molar-refractivity contribution >= 4 is 0 Å². The molecule has 1 fully saturated rings. The molecule has 1 heterocycles. The van der Waals surface area contributed by atoms with Crippen LogP contribution in [0.1, 0.15) is 37.7 Å². The maximum absolute atomic E-state index is 5.98. The zero-order valence-corrected chi connectivity index (χ0v) is 9.91. The van der Waals surface area contributed by atoms with Gasteiger partial charge in [-0.25, -0.2) is 4.98 Å². The third-order valence-corrected chi connectivity index (χ3v) is 3.76. The van der Waals surface area contributed by atoms with E-state index in [1.54, 1.807) is 7.11 Å². The molecule has 1 aliphatic carbocycles. The van der Waals surface area contributed by atoms with Gasteiger partial charge in [0.1, 0.15) is 0 Å². The molecule has 88 valence electrons. The Morgan fingerprint density at radius 1 is 1.31 bits per heavy atom. The molecule has 2 N–H and O–H groups in total. The number of aromatic nitrogens is 1. The average molecular weight is 220 g/mol. The molecule has 0 amide bonds. The van der Waals surface area contributed by atoms with Crippen molar-refractivity contribution in [1.82, 2.24) is 4.98 Å². The Labute approximate surface area is 97.0 Å². The summed E-state index contributed by atoms with van der Waals surface area (Å²) in [6.07, 6.45) is 8.21. The minimum absolute atomic E-state index is 0.164. The van der Waals surface area contributed by atoms with Gasteiger partial charge in [-0.2, -0.15) is 0 Å². The summed E-state index contributed by atoms with van der Waals surface area (Å²) < 4.78 is 5.08. The lowest BCUT2D eigenvalue weighted by atomic mass is 9.70. The van der Waals surface area contributed by atoms with E-state index in [2.05, 4.69) is 11.1 Å². The number of pyridine rings is 1. The molecular formula is C13H20N2O. The van der Waals surface area contributed by atoms with Crippen molar-refractivity contribution in [2.24, 2.45) is 5.73 Å². The molecule has 0 aliphatic heterocycles. The summed E-state index contributed by atoms with van der Waals surface area (Å²) in [6, 6.07) is 4.05. The predicted molar refractivity (Wildman–Crippen MR) is 64.6 cm³/mol. The van der Waals surface area contributed by atoms with Crippen LogP contribution in [0.5, 0.6) is 5.88 Å². The maximum atomic E-state index is 5.98. The molecule has 1 aromatic heterocycles. The van der Waals surface area contributed by atoms with Crippen molar-refractivity contribution in [2.75, 3.05) is 13.7 Å². The van der Waals surface area contributed by atoms with E-state index in [-0.39, 0.29) is 5.41 Å². The molecule has 0 aromatic carbocycles. The average Bonchev–Trinajstić information content (AvgIpc) is 2.39. The quantitative estimate of drug-likeness (QED) is 0.850. The lowest BCUT2D eigenvalue weighted by Crippen LogP contribution is -2.37. The van der Waals surface area contributed by atoms with Gasteiger partial charge < -0.3 is 10.5 Å². The van der Waals surface area contributed by atoms with Gasteiger partial charge in [0.25, 0.3) is 0 Å². The van der Waals surface area contributed by atoms with Crippen LogP contribution in [0.3, 0.4) is 0 Å². The maximum Gasteiger partial charge on any atom is 0.212 e. The molecule has 0 unspecified atom stereocenters. The van der Waals surface area contributed by atoms with E-state index >= 15 is 0 Å². The number of ether oxygens (including phenoxy) is 1. The van der Waals surface area contributed by atoms with Crippen molar-refractivity contribution in [2.45, 2.75) is 37.5 Å². The molecular weight excluding hydrogens is 200 g/mol. The third-order valence-electron chi connectivity index (χ3n) is 3.76. The van der Waals surface area contributed by atoms with Crippen LogP contribution in [-0.2, 0) is 5.41 Å². The fourth-order valence-corrected chi connectivity index (χ4v) is 2.65. The van der Waals surface area contributed by atoms with Crippen LogP contribution in [0.2, 0.25) is 0 Å². The van der Waals surface area contributed by atoms with E-state index in [9.17, 15) is 0 Å². The summed E-state index contributed by atoms with van der Waals surface area (Å²) in [5, 5.41) is 0. The summed E-state index contributed by atoms with van der Waals surface area (Å²) in [5.74, 6) is 0.673. The molecule has 2 rings (SSSR count). The second-order valence-electron chi connectivity index (χ2n) is 4.63. The van der Waals surface area contributed by atoms with Crippen molar-refractivity contribution in [3.8, 4) is 5.88 Å². The molecule has 0 radical (unpaired) electrons. The van der Waals surface area contributed by atoms with Gasteiger partial charge in [-0.05, 0) is 18.4 Å². The number of hydrogen-bond acceptors (Lipinski definition) is 3. The normalized spacial score (nSPS) is 19.4. The Morgan fingerprint density at radius 3 is 2.56 bits per heavy atom. The summed E-state index contributed by atoms with van der Waals surface area (Å²) in [4.78, 5) is 4.29. The Morgan fingerprint density at radius 2 is 2.06 bits per heavy atom. The predicted octanol–water partition coefficient (Wildman–Crippen LogP) is 2.25. The monoisotopic (exact) mass is 220 g/mol. The zero-order valence-electron chi connectivity index (χ0n) is 9.91.